The van der Waals surface area contributed by atoms with Crippen LogP contribution in [0.15, 0.2) is 51.3 Å². The van der Waals surface area contributed by atoms with Crippen LogP contribution >= 0.6 is 0 Å². The number of nitrogens with one attached hydrogen (secondary N) is 1. The van der Waals surface area contributed by atoms with Gasteiger partial charge < -0.3 is 16.5 Å². The third kappa shape index (κ3) is 2.07. The van der Waals surface area contributed by atoms with Gasteiger partial charge in [0.1, 0.15) is 17.2 Å². The molecule has 100 valence electrons. The minimum atomic E-state index is -0.359. The number of aliphatic imine (C=N–C) groups is 2. The third-order valence-corrected chi connectivity index (χ3v) is 3.09. The molecule has 1 aromatic heterocycles. The number of nitrogen functional groups attached to an aromatic ring is 1. The lowest BCUT2D eigenvalue weighted by atomic mass is 10.1. The summed E-state index contributed by atoms with van der Waals surface area (Å²) >= 11 is 0. The first kappa shape index (κ1) is 12.2. The standard InChI is InChI=1S/C14H13N5O/c15-9-5-6-17-14(20)12(9)13(16)19-11-7-8-3-1-2-4-10(8)18-11/h1-6H,7H2,(H3,15,17,20)(H2,16,18,19). The Balaban J connectivity index is 1.97. The van der Waals surface area contributed by atoms with Crippen LogP contribution in [0.4, 0.5) is 11.4 Å². The van der Waals surface area contributed by atoms with Gasteiger partial charge in [-0.1, -0.05) is 18.2 Å². The maximum absolute atomic E-state index is 11.7. The first-order valence-electron chi connectivity index (χ1n) is 6.12. The number of hydrogen-bond acceptors (Lipinski definition) is 4. The largest absolute Gasteiger partial charge is 0.398 e. The molecule has 0 saturated carbocycles. The molecule has 0 amide bonds. The molecule has 0 fully saturated rings. The highest BCUT2D eigenvalue weighted by atomic mass is 16.1. The fraction of sp³-hybridized carbons (Fsp3) is 0.0714. The van der Waals surface area contributed by atoms with Gasteiger partial charge >= 0.3 is 0 Å². The maximum Gasteiger partial charge on any atom is 0.261 e. The number of nitrogens with two attached hydrogens (primary N) is 2. The molecule has 0 aliphatic carbocycles. The number of amidine groups is 2. The molecule has 0 spiro atoms. The number of para-hydroxylation sites is 1. The average Bonchev–Trinajstić information content (AvgIpc) is 2.80. The molecule has 6 nitrogen and oxygen atoms in total. The minimum absolute atomic E-state index is 0.0795. The van der Waals surface area contributed by atoms with Gasteiger partial charge in [-0.25, -0.2) is 9.98 Å². The highest BCUT2D eigenvalue weighted by Gasteiger charge is 2.15. The van der Waals surface area contributed by atoms with E-state index in [2.05, 4.69) is 15.0 Å². The van der Waals surface area contributed by atoms with E-state index in [0.29, 0.717) is 17.9 Å². The van der Waals surface area contributed by atoms with E-state index in [4.69, 9.17) is 11.5 Å². The van der Waals surface area contributed by atoms with Gasteiger partial charge in [0.25, 0.3) is 5.56 Å². The third-order valence-electron chi connectivity index (χ3n) is 3.09. The van der Waals surface area contributed by atoms with Gasteiger partial charge in [0.05, 0.1) is 5.69 Å². The van der Waals surface area contributed by atoms with Gasteiger partial charge in [-0.05, 0) is 17.7 Å². The van der Waals surface area contributed by atoms with Crippen molar-refractivity contribution in [2.24, 2.45) is 15.7 Å². The number of fused-ring (bicyclic) bond motifs is 1. The number of hydrogen-bond donors (Lipinski definition) is 3. The van der Waals surface area contributed by atoms with E-state index in [0.717, 1.165) is 11.3 Å². The number of H-pyrrole nitrogens is 1. The summed E-state index contributed by atoms with van der Waals surface area (Å²) in [4.78, 5) is 22.9. The summed E-state index contributed by atoms with van der Waals surface area (Å²) in [7, 11) is 0. The number of anilines is 1. The lowest BCUT2D eigenvalue weighted by molar-refractivity contribution is 1.22. The molecular weight excluding hydrogens is 254 g/mol. The Hall–Kier alpha value is -2.89. The highest BCUT2D eigenvalue weighted by molar-refractivity contribution is 6.09. The predicted molar refractivity (Wildman–Crippen MR) is 79.4 cm³/mol. The van der Waals surface area contributed by atoms with Crippen LogP contribution in [-0.4, -0.2) is 16.7 Å². The van der Waals surface area contributed by atoms with Gasteiger partial charge in [0.15, 0.2) is 0 Å². The van der Waals surface area contributed by atoms with Gasteiger partial charge in [0, 0.05) is 18.3 Å². The molecule has 2 aromatic rings. The Morgan fingerprint density at radius 2 is 2.10 bits per heavy atom. The zero-order chi connectivity index (χ0) is 14.1. The van der Waals surface area contributed by atoms with Gasteiger partial charge in [-0.15, -0.1) is 0 Å². The Morgan fingerprint density at radius 1 is 1.30 bits per heavy atom. The molecule has 0 radical (unpaired) electrons. The summed E-state index contributed by atoms with van der Waals surface area (Å²) in [6, 6.07) is 9.34. The Bertz CT molecular complexity index is 788. The lowest BCUT2D eigenvalue weighted by Gasteiger charge is -2.03. The molecule has 0 unspecified atom stereocenters. The van der Waals surface area contributed by atoms with Crippen molar-refractivity contribution >= 4 is 23.0 Å². The van der Waals surface area contributed by atoms with Crippen molar-refractivity contribution in [1.82, 2.24) is 4.98 Å². The van der Waals surface area contributed by atoms with E-state index >= 15 is 0 Å². The lowest BCUT2D eigenvalue weighted by Crippen LogP contribution is -2.27. The van der Waals surface area contributed by atoms with Gasteiger partial charge in [-0.2, -0.15) is 0 Å². The molecule has 1 aliphatic heterocycles. The normalized spacial score (nSPS) is 14.0. The van der Waals surface area contributed by atoms with Gasteiger partial charge in [0.2, 0.25) is 0 Å². The molecular formula is C14H13N5O. The van der Waals surface area contributed by atoms with Crippen molar-refractivity contribution in [2.45, 2.75) is 6.42 Å². The maximum atomic E-state index is 11.7. The van der Waals surface area contributed by atoms with Crippen molar-refractivity contribution < 1.29 is 0 Å². The van der Waals surface area contributed by atoms with E-state index in [-0.39, 0.29) is 17.0 Å². The van der Waals surface area contributed by atoms with Crippen LogP contribution in [0.25, 0.3) is 0 Å². The van der Waals surface area contributed by atoms with Crippen molar-refractivity contribution in [3.8, 4) is 0 Å². The summed E-state index contributed by atoms with van der Waals surface area (Å²) < 4.78 is 0. The van der Waals surface area contributed by atoms with Crippen molar-refractivity contribution in [3.05, 3.63) is 58.0 Å². The summed E-state index contributed by atoms with van der Waals surface area (Å²) in [5, 5.41) is 0. The van der Waals surface area contributed by atoms with Crippen molar-refractivity contribution in [1.29, 1.82) is 0 Å². The molecule has 0 saturated heterocycles. The van der Waals surface area contributed by atoms with Crippen LogP contribution in [0.1, 0.15) is 11.1 Å². The SMILES string of the molecule is NC(=NC1=Nc2ccccc2C1)c1c(N)cc[nH]c1=O. The molecule has 0 atom stereocenters. The topological polar surface area (TPSA) is 110 Å². The summed E-state index contributed by atoms with van der Waals surface area (Å²) in [5.41, 5.74) is 13.7. The highest BCUT2D eigenvalue weighted by Crippen LogP contribution is 2.26. The van der Waals surface area contributed by atoms with E-state index in [1.165, 1.54) is 6.20 Å². The zero-order valence-electron chi connectivity index (χ0n) is 10.6. The summed E-state index contributed by atoms with van der Waals surface area (Å²) in [6.45, 7) is 0. The van der Waals surface area contributed by atoms with Crippen LogP contribution in [0, 0.1) is 0 Å². The zero-order valence-corrected chi connectivity index (χ0v) is 10.6. The molecule has 2 heterocycles. The van der Waals surface area contributed by atoms with E-state index in [9.17, 15) is 4.79 Å². The first-order chi connectivity index (χ1) is 9.65. The van der Waals surface area contributed by atoms with Crippen LogP contribution in [-0.2, 0) is 6.42 Å². The van der Waals surface area contributed by atoms with Crippen LogP contribution in [0.3, 0.4) is 0 Å². The fourth-order valence-corrected chi connectivity index (χ4v) is 2.14. The molecule has 1 aliphatic rings. The average molecular weight is 267 g/mol. The van der Waals surface area contributed by atoms with E-state index in [1.54, 1.807) is 6.07 Å². The fourth-order valence-electron chi connectivity index (χ4n) is 2.14. The molecule has 3 rings (SSSR count). The predicted octanol–water partition coefficient (Wildman–Crippen LogP) is 0.949. The molecule has 20 heavy (non-hydrogen) atoms. The second-order valence-electron chi connectivity index (χ2n) is 4.47. The summed E-state index contributed by atoms with van der Waals surface area (Å²) in [6.07, 6.45) is 2.07. The van der Waals surface area contributed by atoms with Crippen molar-refractivity contribution in [3.63, 3.8) is 0 Å². The number of aromatic amines is 1. The Kier molecular flexibility index (Phi) is 2.83. The van der Waals surface area contributed by atoms with E-state index < -0.39 is 0 Å². The Morgan fingerprint density at radius 3 is 2.85 bits per heavy atom. The number of nitrogens with zero attached hydrogens (tertiary/aromatic N) is 2. The number of benzene rings is 1. The quantitative estimate of drug-likeness (QED) is 0.528. The number of rotatable bonds is 1. The molecule has 6 heteroatoms. The second-order valence-corrected chi connectivity index (χ2v) is 4.47. The number of aromatic nitrogens is 1. The summed E-state index contributed by atoms with van der Waals surface area (Å²) in [5.74, 6) is 0.655. The Labute approximate surface area is 114 Å². The van der Waals surface area contributed by atoms with E-state index in [1.807, 2.05) is 24.3 Å². The first-order valence-corrected chi connectivity index (χ1v) is 6.12. The molecule has 5 N–H and O–H groups in total. The van der Waals surface area contributed by atoms with Gasteiger partial charge in [-0.3, -0.25) is 4.79 Å². The number of pyridine rings is 1. The smallest absolute Gasteiger partial charge is 0.261 e. The monoisotopic (exact) mass is 267 g/mol. The minimum Gasteiger partial charge on any atom is -0.398 e. The van der Waals surface area contributed by atoms with Crippen LogP contribution in [0.5, 0.6) is 0 Å². The molecule has 0 bridgehead atoms. The second kappa shape index (κ2) is 4.65. The van der Waals surface area contributed by atoms with Crippen LogP contribution < -0.4 is 17.0 Å². The van der Waals surface area contributed by atoms with Crippen LogP contribution in [0.2, 0.25) is 0 Å². The van der Waals surface area contributed by atoms with Crippen molar-refractivity contribution in [2.75, 3.05) is 5.73 Å². The molecule has 1 aromatic carbocycles.